The molecule has 2 heterocycles. The minimum Gasteiger partial charge on any atom is -0.343 e. The summed E-state index contributed by atoms with van der Waals surface area (Å²) in [6, 6.07) is 18.6. The summed E-state index contributed by atoms with van der Waals surface area (Å²) in [6.07, 6.45) is 3.70. The highest BCUT2D eigenvalue weighted by atomic mass is 32.2. The van der Waals surface area contributed by atoms with E-state index in [0.717, 1.165) is 66.3 Å². The molecular formula is C25H30N4OS. The number of hydrogen-bond donors (Lipinski definition) is 0. The van der Waals surface area contributed by atoms with Crippen LogP contribution in [0.2, 0.25) is 0 Å². The summed E-state index contributed by atoms with van der Waals surface area (Å²) >= 11 is 1.67. The SMILES string of the molecule is Cc1ccc(-n2c(SCCCC(=O)N3CCC(C)CC3)nnc2-c2ccccc2)cc1. The Labute approximate surface area is 188 Å². The number of benzene rings is 2. The van der Waals surface area contributed by atoms with Gasteiger partial charge in [0, 0.05) is 36.5 Å². The summed E-state index contributed by atoms with van der Waals surface area (Å²) in [5.74, 6) is 2.71. The van der Waals surface area contributed by atoms with Crippen molar-refractivity contribution in [3.05, 3.63) is 60.2 Å². The minimum atomic E-state index is 0.289. The zero-order chi connectivity index (χ0) is 21.6. The number of carbonyl (C=O) groups is 1. The van der Waals surface area contributed by atoms with Crippen molar-refractivity contribution in [2.24, 2.45) is 5.92 Å². The Morgan fingerprint density at radius 2 is 1.74 bits per heavy atom. The summed E-state index contributed by atoms with van der Waals surface area (Å²) in [4.78, 5) is 14.5. The van der Waals surface area contributed by atoms with Gasteiger partial charge >= 0.3 is 0 Å². The first-order valence-electron chi connectivity index (χ1n) is 11.1. The fourth-order valence-electron chi connectivity index (χ4n) is 3.87. The van der Waals surface area contributed by atoms with E-state index in [9.17, 15) is 4.79 Å². The number of likely N-dealkylation sites (tertiary alicyclic amines) is 1. The molecule has 4 rings (SSSR count). The Morgan fingerprint density at radius 3 is 2.45 bits per heavy atom. The number of amides is 1. The molecular weight excluding hydrogens is 404 g/mol. The van der Waals surface area contributed by atoms with Gasteiger partial charge in [-0.2, -0.15) is 0 Å². The van der Waals surface area contributed by atoms with E-state index in [1.165, 1.54) is 5.56 Å². The Bertz CT molecular complexity index is 992. The molecule has 5 nitrogen and oxygen atoms in total. The highest BCUT2D eigenvalue weighted by Gasteiger charge is 2.20. The molecule has 0 saturated carbocycles. The van der Waals surface area contributed by atoms with Gasteiger partial charge in [0.1, 0.15) is 0 Å². The maximum atomic E-state index is 12.5. The molecule has 2 aromatic carbocycles. The molecule has 31 heavy (non-hydrogen) atoms. The van der Waals surface area contributed by atoms with Gasteiger partial charge in [0.25, 0.3) is 0 Å². The van der Waals surface area contributed by atoms with E-state index >= 15 is 0 Å². The fourth-order valence-corrected chi connectivity index (χ4v) is 4.76. The van der Waals surface area contributed by atoms with Crippen molar-refractivity contribution in [2.75, 3.05) is 18.8 Å². The first-order chi connectivity index (χ1) is 15.1. The van der Waals surface area contributed by atoms with Crippen LogP contribution < -0.4 is 0 Å². The first-order valence-corrected chi connectivity index (χ1v) is 12.1. The molecule has 1 aliphatic rings. The molecule has 0 spiro atoms. The molecule has 1 aromatic heterocycles. The first kappa shape index (κ1) is 21.6. The Morgan fingerprint density at radius 1 is 1.03 bits per heavy atom. The molecule has 0 unspecified atom stereocenters. The van der Waals surface area contributed by atoms with E-state index in [1.807, 2.05) is 23.1 Å². The number of nitrogens with zero attached hydrogens (tertiary/aromatic N) is 4. The van der Waals surface area contributed by atoms with Crippen LogP contribution in [0.3, 0.4) is 0 Å². The van der Waals surface area contributed by atoms with E-state index < -0.39 is 0 Å². The third-order valence-electron chi connectivity index (χ3n) is 5.86. The molecule has 0 radical (unpaired) electrons. The smallest absolute Gasteiger partial charge is 0.222 e. The third-order valence-corrected chi connectivity index (χ3v) is 6.88. The van der Waals surface area contributed by atoms with Gasteiger partial charge in [-0.3, -0.25) is 9.36 Å². The molecule has 0 N–H and O–H groups in total. The van der Waals surface area contributed by atoms with Crippen LogP contribution in [0.5, 0.6) is 0 Å². The van der Waals surface area contributed by atoms with Crippen molar-refractivity contribution in [1.82, 2.24) is 19.7 Å². The topological polar surface area (TPSA) is 51.0 Å². The molecule has 1 saturated heterocycles. The van der Waals surface area contributed by atoms with Gasteiger partial charge in [0.2, 0.25) is 5.91 Å². The van der Waals surface area contributed by atoms with Crippen molar-refractivity contribution < 1.29 is 4.79 Å². The van der Waals surface area contributed by atoms with Gasteiger partial charge in [0.15, 0.2) is 11.0 Å². The van der Waals surface area contributed by atoms with Crippen LogP contribution in [0.15, 0.2) is 59.8 Å². The molecule has 0 aliphatic carbocycles. The zero-order valence-electron chi connectivity index (χ0n) is 18.3. The number of rotatable bonds is 7. The van der Waals surface area contributed by atoms with E-state index in [-0.39, 0.29) is 5.91 Å². The molecule has 1 aliphatic heterocycles. The van der Waals surface area contributed by atoms with Gasteiger partial charge in [0.05, 0.1) is 0 Å². The van der Waals surface area contributed by atoms with Crippen molar-refractivity contribution in [3.8, 4) is 17.1 Å². The maximum Gasteiger partial charge on any atom is 0.222 e. The number of aromatic nitrogens is 3. The zero-order valence-corrected chi connectivity index (χ0v) is 19.1. The largest absolute Gasteiger partial charge is 0.343 e. The second-order valence-corrected chi connectivity index (χ2v) is 9.42. The summed E-state index contributed by atoms with van der Waals surface area (Å²) in [6.45, 7) is 6.18. The maximum absolute atomic E-state index is 12.5. The van der Waals surface area contributed by atoms with Crippen molar-refractivity contribution >= 4 is 17.7 Å². The van der Waals surface area contributed by atoms with E-state index in [2.05, 4.69) is 65.0 Å². The van der Waals surface area contributed by atoms with Gasteiger partial charge in [-0.15, -0.1) is 10.2 Å². The van der Waals surface area contributed by atoms with Crippen LogP contribution >= 0.6 is 11.8 Å². The lowest BCUT2D eigenvalue weighted by Gasteiger charge is -2.30. The summed E-state index contributed by atoms with van der Waals surface area (Å²) in [5, 5.41) is 9.85. The third kappa shape index (κ3) is 5.37. The molecule has 1 amide bonds. The highest BCUT2D eigenvalue weighted by molar-refractivity contribution is 7.99. The van der Waals surface area contributed by atoms with Gasteiger partial charge < -0.3 is 4.90 Å². The molecule has 1 fully saturated rings. The Hall–Kier alpha value is -2.60. The van der Waals surface area contributed by atoms with Gasteiger partial charge in [-0.25, -0.2) is 0 Å². The van der Waals surface area contributed by atoms with E-state index in [4.69, 9.17) is 0 Å². The van der Waals surface area contributed by atoms with E-state index in [1.54, 1.807) is 11.8 Å². The van der Waals surface area contributed by atoms with Crippen molar-refractivity contribution in [1.29, 1.82) is 0 Å². The predicted molar refractivity (Wildman–Crippen MR) is 126 cm³/mol. The second kappa shape index (κ2) is 10.1. The monoisotopic (exact) mass is 434 g/mol. The Balaban J connectivity index is 1.44. The number of thioether (sulfide) groups is 1. The lowest BCUT2D eigenvalue weighted by molar-refractivity contribution is -0.132. The average molecular weight is 435 g/mol. The number of aryl methyl sites for hydroxylation is 1. The van der Waals surface area contributed by atoms with Crippen molar-refractivity contribution in [3.63, 3.8) is 0 Å². The van der Waals surface area contributed by atoms with Crippen LogP contribution in [-0.2, 0) is 4.79 Å². The quantitative estimate of drug-likeness (QED) is 0.370. The molecule has 0 bridgehead atoms. The van der Waals surface area contributed by atoms with E-state index in [0.29, 0.717) is 6.42 Å². The van der Waals surface area contributed by atoms with Gasteiger partial charge in [-0.05, 0) is 44.2 Å². The lowest BCUT2D eigenvalue weighted by atomic mass is 9.99. The minimum absolute atomic E-state index is 0.289. The molecule has 0 atom stereocenters. The normalized spacial score (nSPS) is 14.7. The van der Waals surface area contributed by atoms with Crippen molar-refractivity contribution in [2.45, 2.75) is 44.7 Å². The summed E-state index contributed by atoms with van der Waals surface area (Å²) < 4.78 is 2.12. The fraction of sp³-hybridized carbons (Fsp3) is 0.400. The van der Waals surface area contributed by atoms with Crippen LogP contribution in [0.25, 0.3) is 17.1 Å². The average Bonchev–Trinajstić information content (AvgIpc) is 3.22. The summed E-state index contributed by atoms with van der Waals surface area (Å²) in [5.41, 5.74) is 3.31. The van der Waals surface area contributed by atoms with Crippen LogP contribution in [0.4, 0.5) is 0 Å². The molecule has 6 heteroatoms. The number of carbonyl (C=O) groups excluding carboxylic acids is 1. The van der Waals surface area contributed by atoms with Gasteiger partial charge in [-0.1, -0.05) is 66.7 Å². The second-order valence-electron chi connectivity index (χ2n) is 8.36. The molecule has 3 aromatic rings. The highest BCUT2D eigenvalue weighted by Crippen LogP contribution is 2.28. The number of hydrogen-bond acceptors (Lipinski definition) is 4. The van der Waals surface area contributed by atoms with Crippen LogP contribution in [0, 0.1) is 12.8 Å². The number of piperidine rings is 1. The Kier molecular flexibility index (Phi) is 7.07. The van der Waals surface area contributed by atoms with Crippen LogP contribution in [-0.4, -0.2) is 44.4 Å². The van der Waals surface area contributed by atoms with Crippen LogP contribution in [0.1, 0.15) is 38.2 Å². The lowest BCUT2D eigenvalue weighted by Crippen LogP contribution is -2.37. The standard InChI is InChI=1S/C25H30N4OS/c1-19-10-12-22(13-11-19)29-24(21-7-4-3-5-8-21)26-27-25(29)31-18-6-9-23(30)28-16-14-20(2)15-17-28/h3-5,7-8,10-13,20H,6,9,14-18H2,1-2H3. The molecule has 162 valence electrons. The predicted octanol–water partition coefficient (Wildman–Crippen LogP) is 5.37. The summed E-state index contributed by atoms with van der Waals surface area (Å²) in [7, 11) is 0.